The molecule has 2 N–H and O–H groups in total. The number of nitrogens with two attached hydrogens (primary N) is 1. The van der Waals surface area contributed by atoms with Gasteiger partial charge in [0.1, 0.15) is 5.83 Å². The molecule has 2 heteroatoms. The second-order valence-electron chi connectivity index (χ2n) is 7.11. The first-order valence-electron chi connectivity index (χ1n) is 9.08. The summed E-state index contributed by atoms with van der Waals surface area (Å²) in [6.07, 6.45) is 11.0. The molecule has 0 saturated heterocycles. The molecule has 3 rings (SSSR count). The van der Waals surface area contributed by atoms with E-state index in [9.17, 15) is 4.39 Å². The Labute approximate surface area is 139 Å². The molecule has 2 aliphatic rings. The summed E-state index contributed by atoms with van der Waals surface area (Å²) in [5.41, 5.74) is 10.1. The molecule has 0 heterocycles. The lowest BCUT2D eigenvalue weighted by Crippen LogP contribution is -2.32. The van der Waals surface area contributed by atoms with Crippen molar-refractivity contribution in [2.24, 2.45) is 11.7 Å². The Hall–Kier alpha value is -1.41. The largest absolute Gasteiger partial charge is 0.327 e. The first-order chi connectivity index (χ1) is 11.2. The molecule has 1 atom stereocenters. The van der Waals surface area contributed by atoms with Crippen molar-refractivity contribution < 1.29 is 4.39 Å². The predicted molar refractivity (Wildman–Crippen MR) is 95.8 cm³/mol. The molecule has 1 saturated carbocycles. The van der Waals surface area contributed by atoms with Gasteiger partial charge in [0.15, 0.2) is 0 Å². The van der Waals surface area contributed by atoms with Gasteiger partial charge in [-0.15, -0.1) is 0 Å². The van der Waals surface area contributed by atoms with Crippen molar-refractivity contribution >= 4 is 5.57 Å². The summed E-state index contributed by atoms with van der Waals surface area (Å²) in [7, 11) is 0. The summed E-state index contributed by atoms with van der Waals surface area (Å²) in [6.45, 7) is 2.19. The van der Waals surface area contributed by atoms with Gasteiger partial charge in [-0.1, -0.05) is 37.3 Å². The maximum atomic E-state index is 13.1. The van der Waals surface area contributed by atoms with E-state index in [1.54, 1.807) is 6.08 Å². The molecule has 0 radical (unpaired) electrons. The standard InChI is InChI=1S/C21H28FN/c1-2-21(23)19-9-7-17(8-10-19)15-3-5-16(6-4-15)18-11-13-20(22)14-12-18/h3-6,11,13,17,19,21H,2,7-10,12,14,23H2,1H3. The van der Waals surface area contributed by atoms with Crippen LogP contribution in [0.2, 0.25) is 0 Å². The summed E-state index contributed by atoms with van der Waals surface area (Å²) >= 11 is 0. The molecule has 1 aromatic carbocycles. The van der Waals surface area contributed by atoms with Crippen molar-refractivity contribution in [1.29, 1.82) is 0 Å². The molecule has 23 heavy (non-hydrogen) atoms. The zero-order valence-electron chi connectivity index (χ0n) is 14.1. The predicted octanol–water partition coefficient (Wildman–Crippen LogP) is 5.73. The molecule has 0 amide bonds. The molecule has 0 bridgehead atoms. The minimum atomic E-state index is -0.00702. The van der Waals surface area contributed by atoms with Gasteiger partial charge in [-0.25, -0.2) is 4.39 Å². The Morgan fingerprint density at radius 3 is 2.30 bits per heavy atom. The van der Waals surface area contributed by atoms with Crippen molar-refractivity contribution in [3.8, 4) is 0 Å². The van der Waals surface area contributed by atoms with Crippen molar-refractivity contribution in [3.05, 3.63) is 53.4 Å². The zero-order valence-corrected chi connectivity index (χ0v) is 14.1. The fourth-order valence-electron chi connectivity index (χ4n) is 4.04. The van der Waals surface area contributed by atoms with E-state index in [1.807, 2.05) is 6.08 Å². The van der Waals surface area contributed by atoms with Crippen molar-refractivity contribution in [2.75, 3.05) is 0 Å². The van der Waals surface area contributed by atoms with Crippen LogP contribution in [0, 0.1) is 5.92 Å². The molecule has 1 aromatic rings. The number of benzene rings is 1. The second-order valence-corrected chi connectivity index (χ2v) is 7.11. The third-order valence-corrected chi connectivity index (χ3v) is 5.70. The molecule has 0 aromatic heterocycles. The van der Waals surface area contributed by atoms with Crippen LogP contribution in [0.4, 0.5) is 4.39 Å². The third kappa shape index (κ3) is 3.92. The number of hydrogen-bond donors (Lipinski definition) is 1. The van der Waals surface area contributed by atoms with Gasteiger partial charge in [0.2, 0.25) is 0 Å². The average molecular weight is 313 g/mol. The van der Waals surface area contributed by atoms with Crippen LogP contribution < -0.4 is 5.73 Å². The van der Waals surface area contributed by atoms with Crippen LogP contribution in [-0.2, 0) is 0 Å². The summed E-state index contributed by atoms with van der Waals surface area (Å²) in [5, 5.41) is 0. The number of rotatable bonds is 4. The van der Waals surface area contributed by atoms with Crippen LogP contribution in [0.15, 0.2) is 42.2 Å². The highest BCUT2D eigenvalue weighted by molar-refractivity contribution is 5.68. The minimum absolute atomic E-state index is 0.00702. The SMILES string of the molecule is CCC(N)C1CCC(c2ccc(C3=CC=C(F)CC3)cc2)CC1. The molecule has 1 unspecified atom stereocenters. The third-order valence-electron chi connectivity index (χ3n) is 5.70. The van der Waals surface area contributed by atoms with Crippen LogP contribution in [0.3, 0.4) is 0 Å². The molecule has 0 aliphatic heterocycles. The first-order valence-corrected chi connectivity index (χ1v) is 9.08. The topological polar surface area (TPSA) is 26.0 Å². The molecule has 0 spiro atoms. The van der Waals surface area contributed by atoms with Crippen molar-refractivity contribution in [1.82, 2.24) is 0 Å². The van der Waals surface area contributed by atoms with E-state index in [4.69, 9.17) is 5.73 Å². The number of halogens is 1. The van der Waals surface area contributed by atoms with E-state index in [0.717, 1.165) is 12.8 Å². The highest BCUT2D eigenvalue weighted by atomic mass is 19.1. The van der Waals surface area contributed by atoms with Gasteiger partial charge in [-0.3, -0.25) is 0 Å². The maximum Gasteiger partial charge on any atom is 0.100 e. The normalized spacial score (nSPS) is 26.4. The fourth-order valence-corrected chi connectivity index (χ4v) is 4.04. The summed E-state index contributed by atoms with van der Waals surface area (Å²) in [4.78, 5) is 0. The van der Waals surface area contributed by atoms with E-state index in [1.165, 1.54) is 42.4 Å². The van der Waals surface area contributed by atoms with Crippen molar-refractivity contribution in [3.63, 3.8) is 0 Å². The second kappa shape index (κ2) is 7.44. The van der Waals surface area contributed by atoms with E-state index in [-0.39, 0.29) is 5.83 Å². The molecular formula is C21H28FN. The maximum absolute atomic E-state index is 13.1. The smallest absolute Gasteiger partial charge is 0.100 e. The van der Waals surface area contributed by atoms with E-state index in [2.05, 4.69) is 31.2 Å². The van der Waals surface area contributed by atoms with Gasteiger partial charge in [0.25, 0.3) is 0 Å². The number of allylic oxidation sites excluding steroid dienone is 4. The molecule has 1 fully saturated rings. The number of hydrogen-bond acceptors (Lipinski definition) is 1. The Morgan fingerprint density at radius 1 is 1.04 bits per heavy atom. The minimum Gasteiger partial charge on any atom is -0.327 e. The van der Waals surface area contributed by atoms with Crippen LogP contribution in [0.1, 0.15) is 68.9 Å². The summed E-state index contributed by atoms with van der Waals surface area (Å²) in [5.74, 6) is 1.39. The highest BCUT2D eigenvalue weighted by Crippen LogP contribution is 2.38. The monoisotopic (exact) mass is 313 g/mol. The summed E-state index contributed by atoms with van der Waals surface area (Å²) in [6, 6.07) is 9.35. The molecule has 2 aliphatic carbocycles. The Kier molecular flexibility index (Phi) is 5.32. The lowest BCUT2D eigenvalue weighted by atomic mass is 9.75. The molecule has 1 nitrogen and oxygen atoms in total. The van der Waals surface area contributed by atoms with Gasteiger partial charge in [-0.2, -0.15) is 0 Å². The summed E-state index contributed by atoms with van der Waals surface area (Å²) < 4.78 is 13.1. The average Bonchev–Trinajstić information content (AvgIpc) is 2.62. The van der Waals surface area contributed by atoms with Crippen molar-refractivity contribution in [2.45, 2.75) is 63.8 Å². The van der Waals surface area contributed by atoms with Gasteiger partial charge in [0.05, 0.1) is 0 Å². The van der Waals surface area contributed by atoms with Gasteiger partial charge < -0.3 is 5.73 Å². The van der Waals surface area contributed by atoms with Crippen LogP contribution >= 0.6 is 0 Å². The quantitative estimate of drug-likeness (QED) is 0.755. The van der Waals surface area contributed by atoms with Gasteiger partial charge in [-0.05, 0) is 73.1 Å². The van der Waals surface area contributed by atoms with Crippen LogP contribution in [0.5, 0.6) is 0 Å². The molecule has 124 valence electrons. The Balaban J connectivity index is 1.62. The van der Waals surface area contributed by atoms with Gasteiger partial charge >= 0.3 is 0 Å². The Morgan fingerprint density at radius 2 is 1.74 bits per heavy atom. The van der Waals surface area contributed by atoms with E-state index in [0.29, 0.717) is 24.3 Å². The van der Waals surface area contributed by atoms with E-state index < -0.39 is 0 Å². The first kappa shape index (κ1) is 16.4. The zero-order chi connectivity index (χ0) is 16.2. The highest BCUT2D eigenvalue weighted by Gasteiger charge is 2.25. The van der Waals surface area contributed by atoms with Crippen LogP contribution in [-0.4, -0.2) is 6.04 Å². The molecular weight excluding hydrogens is 285 g/mol. The van der Waals surface area contributed by atoms with E-state index >= 15 is 0 Å². The fraction of sp³-hybridized carbons (Fsp3) is 0.524. The lowest BCUT2D eigenvalue weighted by molar-refractivity contribution is 0.277. The Bertz CT molecular complexity index is 576. The lowest BCUT2D eigenvalue weighted by Gasteiger charge is -2.32. The van der Waals surface area contributed by atoms with Crippen LogP contribution in [0.25, 0.3) is 5.57 Å². The van der Waals surface area contributed by atoms with Gasteiger partial charge in [0, 0.05) is 12.5 Å².